The summed E-state index contributed by atoms with van der Waals surface area (Å²) in [6, 6.07) is 6.70. The Bertz CT molecular complexity index is 596. The van der Waals surface area contributed by atoms with Crippen LogP contribution in [-0.2, 0) is 0 Å². The highest BCUT2D eigenvalue weighted by Gasteiger charge is 2.51. The van der Waals surface area contributed by atoms with E-state index < -0.39 is 0 Å². The third-order valence-electron chi connectivity index (χ3n) is 5.02. The van der Waals surface area contributed by atoms with E-state index in [2.05, 4.69) is 11.8 Å². The fraction of sp³-hybridized carbons (Fsp3) is 0.588. The van der Waals surface area contributed by atoms with E-state index in [1.54, 1.807) is 7.11 Å². The molecule has 0 bridgehead atoms. The smallest absolute Gasteiger partial charge is 0.170 e. The molecule has 2 fully saturated rings. The van der Waals surface area contributed by atoms with Crippen LogP contribution in [0.25, 0.3) is 0 Å². The van der Waals surface area contributed by atoms with E-state index in [1.807, 2.05) is 18.2 Å². The molecule has 112 valence electrons. The summed E-state index contributed by atoms with van der Waals surface area (Å²) in [5.41, 5.74) is 0.359. The molecule has 0 N–H and O–H groups in total. The molecule has 1 saturated carbocycles. The second-order valence-corrected chi connectivity index (χ2v) is 6.70. The summed E-state index contributed by atoms with van der Waals surface area (Å²) in [4.78, 5) is 15.0. The minimum Gasteiger partial charge on any atom is -0.497 e. The molecule has 4 nitrogen and oxygen atoms in total. The fourth-order valence-electron chi connectivity index (χ4n) is 3.91. The highest BCUT2D eigenvalue weighted by atomic mass is 16.5. The van der Waals surface area contributed by atoms with Gasteiger partial charge in [0.15, 0.2) is 5.78 Å². The maximum Gasteiger partial charge on any atom is 0.170 e. The lowest BCUT2D eigenvalue weighted by Gasteiger charge is -2.35. The van der Waals surface area contributed by atoms with Crippen LogP contribution in [0.3, 0.4) is 0 Å². The Morgan fingerprint density at radius 1 is 1.38 bits per heavy atom. The molecule has 1 spiro atoms. The van der Waals surface area contributed by atoms with Crippen LogP contribution in [0.5, 0.6) is 11.5 Å². The maximum atomic E-state index is 12.5. The minimum absolute atomic E-state index is 0.198. The molecule has 4 heteroatoms. The molecule has 2 unspecified atom stereocenters. The number of hydrogen-bond donors (Lipinski definition) is 0. The maximum absolute atomic E-state index is 12.5. The largest absolute Gasteiger partial charge is 0.497 e. The van der Waals surface area contributed by atoms with Crippen molar-refractivity contribution < 1.29 is 14.3 Å². The zero-order valence-electron chi connectivity index (χ0n) is 12.6. The third-order valence-corrected chi connectivity index (χ3v) is 5.02. The highest BCUT2D eigenvalue weighted by molar-refractivity contribution is 6.00. The number of likely N-dealkylation sites (tertiary alicyclic amines) is 1. The number of benzene rings is 1. The number of rotatable bonds is 2. The highest BCUT2D eigenvalue weighted by Crippen LogP contribution is 2.45. The van der Waals surface area contributed by atoms with Gasteiger partial charge in [0.25, 0.3) is 0 Å². The molecule has 1 saturated heterocycles. The second kappa shape index (κ2) is 4.47. The van der Waals surface area contributed by atoms with Crippen molar-refractivity contribution in [3.05, 3.63) is 23.8 Å². The van der Waals surface area contributed by atoms with Crippen molar-refractivity contribution in [3.63, 3.8) is 0 Å². The van der Waals surface area contributed by atoms with Gasteiger partial charge in [0.05, 0.1) is 19.1 Å². The van der Waals surface area contributed by atoms with Crippen LogP contribution in [0, 0.1) is 0 Å². The predicted octanol–water partition coefficient (Wildman–Crippen LogP) is 2.66. The third kappa shape index (κ3) is 2.13. The van der Waals surface area contributed by atoms with Crippen molar-refractivity contribution >= 4 is 5.78 Å². The van der Waals surface area contributed by atoms with Crippen LogP contribution in [-0.4, -0.2) is 42.0 Å². The molecule has 0 radical (unpaired) electrons. The van der Waals surface area contributed by atoms with Crippen LogP contribution in [0.4, 0.5) is 0 Å². The Balaban J connectivity index is 1.65. The summed E-state index contributed by atoms with van der Waals surface area (Å²) in [5, 5.41) is 0. The van der Waals surface area contributed by atoms with Crippen LogP contribution in [0.2, 0.25) is 0 Å². The number of carbonyl (C=O) groups is 1. The average molecular weight is 287 g/mol. The molecular weight excluding hydrogens is 266 g/mol. The average Bonchev–Trinajstić information content (AvgIpc) is 3.24. The summed E-state index contributed by atoms with van der Waals surface area (Å²) >= 11 is 0. The standard InChI is InChI=1S/C17H21NO3/c1-11-8-17(10-18(11)12-3-4-12)9-15(19)14-6-5-13(20-2)7-16(14)21-17/h5-7,11-12H,3-4,8-10H2,1-2H3. The molecule has 1 aromatic carbocycles. The molecule has 3 aliphatic rings. The lowest BCUT2D eigenvalue weighted by Crippen LogP contribution is -2.44. The molecule has 2 atom stereocenters. The van der Waals surface area contributed by atoms with Gasteiger partial charge in [0.2, 0.25) is 0 Å². The molecule has 1 aliphatic carbocycles. The SMILES string of the molecule is COc1ccc2c(c1)OC1(CC2=O)CC(C)N(C2CC2)C1. The quantitative estimate of drug-likeness (QED) is 0.838. The van der Waals surface area contributed by atoms with Gasteiger partial charge in [0.1, 0.15) is 17.1 Å². The lowest BCUT2D eigenvalue weighted by atomic mass is 9.88. The summed E-state index contributed by atoms with van der Waals surface area (Å²) < 4.78 is 11.6. The van der Waals surface area contributed by atoms with Crippen molar-refractivity contribution in [1.82, 2.24) is 4.90 Å². The molecule has 0 amide bonds. The van der Waals surface area contributed by atoms with E-state index in [1.165, 1.54) is 12.8 Å². The monoisotopic (exact) mass is 287 g/mol. The van der Waals surface area contributed by atoms with Crippen LogP contribution >= 0.6 is 0 Å². The van der Waals surface area contributed by atoms with Gasteiger partial charge in [-0.3, -0.25) is 9.69 Å². The molecular formula is C17H21NO3. The minimum atomic E-state index is -0.335. The molecule has 2 aliphatic heterocycles. The number of carbonyl (C=O) groups excluding carboxylic acids is 1. The number of methoxy groups -OCH3 is 1. The Morgan fingerprint density at radius 3 is 2.90 bits per heavy atom. The first kappa shape index (κ1) is 13.1. The Hall–Kier alpha value is -1.55. The fourth-order valence-corrected chi connectivity index (χ4v) is 3.91. The van der Waals surface area contributed by atoms with Crippen LogP contribution < -0.4 is 9.47 Å². The summed E-state index contributed by atoms with van der Waals surface area (Å²) in [7, 11) is 1.63. The molecule has 4 rings (SSSR count). The lowest BCUT2D eigenvalue weighted by molar-refractivity contribution is 0.0453. The van der Waals surface area contributed by atoms with Gasteiger partial charge in [-0.2, -0.15) is 0 Å². The Kier molecular flexibility index (Phi) is 2.80. The van der Waals surface area contributed by atoms with E-state index in [0.717, 1.165) is 18.7 Å². The van der Waals surface area contributed by atoms with Crippen molar-refractivity contribution in [3.8, 4) is 11.5 Å². The first-order chi connectivity index (χ1) is 10.1. The normalized spacial score (nSPS) is 32.1. The van der Waals surface area contributed by atoms with Gasteiger partial charge < -0.3 is 9.47 Å². The van der Waals surface area contributed by atoms with E-state index in [9.17, 15) is 4.79 Å². The summed E-state index contributed by atoms with van der Waals surface area (Å²) in [6.45, 7) is 3.13. The van der Waals surface area contributed by atoms with E-state index in [4.69, 9.17) is 9.47 Å². The summed E-state index contributed by atoms with van der Waals surface area (Å²) in [5.74, 6) is 1.63. The van der Waals surface area contributed by atoms with E-state index >= 15 is 0 Å². The summed E-state index contributed by atoms with van der Waals surface area (Å²) in [6.07, 6.45) is 4.02. The van der Waals surface area contributed by atoms with Crippen LogP contribution in [0.1, 0.15) is 43.0 Å². The van der Waals surface area contributed by atoms with Gasteiger partial charge in [-0.05, 0) is 31.9 Å². The Morgan fingerprint density at radius 2 is 2.19 bits per heavy atom. The number of nitrogens with zero attached hydrogens (tertiary/aromatic N) is 1. The van der Waals surface area contributed by atoms with Crippen molar-refractivity contribution in [2.75, 3.05) is 13.7 Å². The first-order valence-corrected chi connectivity index (χ1v) is 7.76. The molecule has 2 heterocycles. The van der Waals surface area contributed by atoms with Crippen molar-refractivity contribution in [2.24, 2.45) is 0 Å². The Labute approximate surface area is 125 Å². The number of fused-ring (bicyclic) bond motifs is 1. The number of Topliss-reactive ketones (excluding diaryl/α,β-unsaturated/α-hetero) is 1. The first-order valence-electron chi connectivity index (χ1n) is 7.76. The van der Waals surface area contributed by atoms with Gasteiger partial charge in [-0.1, -0.05) is 0 Å². The van der Waals surface area contributed by atoms with Gasteiger partial charge in [0, 0.05) is 31.1 Å². The van der Waals surface area contributed by atoms with Gasteiger partial charge in [-0.25, -0.2) is 0 Å². The van der Waals surface area contributed by atoms with Crippen LogP contribution in [0.15, 0.2) is 18.2 Å². The zero-order valence-corrected chi connectivity index (χ0v) is 12.6. The number of ether oxygens (including phenoxy) is 2. The van der Waals surface area contributed by atoms with E-state index in [0.29, 0.717) is 29.8 Å². The van der Waals surface area contributed by atoms with Crippen molar-refractivity contribution in [2.45, 2.75) is 50.3 Å². The van der Waals surface area contributed by atoms with Crippen molar-refractivity contribution in [1.29, 1.82) is 0 Å². The van der Waals surface area contributed by atoms with Gasteiger partial charge in [-0.15, -0.1) is 0 Å². The number of hydrogen-bond acceptors (Lipinski definition) is 4. The molecule has 21 heavy (non-hydrogen) atoms. The topological polar surface area (TPSA) is 38.8 Å². The molecule has 1 aromatic rings. The van der Waals surface area contributed by atoms with E-state index in [-0.39, 0.29) is 11.4 Å². The molecule has 0 aromatic heterocycles. The second-order valence-electron chi connectivity index (χ2n) is 6.70. The van der Waals surface area contributed by atoms with Gasteiger partial charge >= 0.3 is 0 Å². The predicted molar refractivity (Wildman–Crippen MR) is 79.1 cm³/mol. The zero-order chi connectivity index (χ0) is 14.6. The number of ketones is 1.